The summed E-state index contributed by atoms with van der Waals surface area (Å²) in [5.74, 6) is -1.02. The van der Waals surface area contributed by atoms with Crippen LogP contribution in [0.25, 0.3) is 0 Å². The fourth-order valence-corrected chi connectivity index (χ4v) is 6.88. The molecule has 2 fully saturated rings. The zero-order valence-electron chi connectivity index (χ0n) is 23.7. The molecular formula is C31H35Cl3N4O4. The molecule has 3 aliphatic heterocycles. The molecule has 0 spiro atoms. The van der Waals surface area contributed by atoms with Crippen molar-refractivity contribution in [2.24, 2.45) is 5.92 Å². The van der Waals surface area contributed by atoms with Crippen molar-refractivity contribution in [1.82, 2.24) is 20.0 Å². The van der Waals surface area contributed by atoms with Crippen LogP contribution in [0.3, 0.4) is 0 Å². The highest BCUT2D eigenvalue weighted by atomic mass is 35.5. The average Bonchev–Trinajstić information content (AvgIpc) is 3.23. The van der Waals surface area contributed by atoms with Gasteiger partial charge in [0, 0.05) is 43.8 Å². The van der Waals surface area contributed by atoms with Crippen molar-refractivity contribution < 1.29 is 19.2 Å². The molecular weight excluding hydrogens is 599 g/mol. The monoisotopic (exact) mass is 632 g/mol. The molecule has 0 aliphatic carbocycles. The van der Waals surface area contributed by atoms with Gasteiger partial charge in [0.05, 0.1) is 26.2 Å². The molecule has 2 saturated heterocycles. The summed E-state index contributed by atoms with van der Waals surface area (Å²) in [6.07, 6.45) is 3.70. The van der Waals surface area contributed by atoms with Gasteiger partial charge < -0.3 is 15.1 Å². The van der Waals surface area contributed by atoms with E-state index in [1.54, 1.807) is 24.3 Å². The summed E-state index contributed by atoms with van der Waals surface area (Å²) in [4.78, 5) is 58.3. The number of fused-ring (bicyclic) bond motifs is 1. The van der Waals surface area contributed by atoms with Crippen molar-refractivity contribution in [3.8, 4) is 0 Å². The Hall–Kier alpha value is -2.65. The number of hydrogen-bond donors (Lipinski definition) is 1. The summed E-state index contributed by atoms with van der Waals surface area (Å²) < 4.78 is 0. The molecule has 11 heteroatoms. The molecule has 5 rings (SSSR count). The third-order valence-corrected chi connectivity index (χ3v) is 9.72. The molecule has 42 heavy (non-hydrogen) atoms. The first-order valence-electron chi connectivity index (χ1n) is 14.5. The van der Waals surface area contributed by atoms with Crippen LogP contribution in [-0.2, 0) is 4.79 Å². The van der Waals surface area contributed by atoms with Gasteiger partial charge in [-0.05, 0) is 62.3 Å². The van der Waals surface area contributed by atoms with Crippen LogP contribution in [0.15, 0.2) is 36.4 Å². The molecule has 1 N–H and O–H groups in total. The summed E-state index contributed by atoms with van der Waals surface area (Å²) in [7, 11) is 0. The Kier molecular flexibility index (Phi) is 9.47. The van der Waals surface area contributed by atoms with E-state index in [0.29, 0.717) is 42.2 Å². The topological polar surface area (TPSA) is 90.0 Å². The molecule has 0 saturated carbocycles. The summed E-state index contributed by atoms with van der Waals surface area (Å²) in [5.41, 5.74) is 1.11. The zero-order valence-corrected chi connectivity index (χ0v) is 26.0. The van der Waals surface area contributed by atoms with Gasteiger partial charge in [0.2, 0.25) is 5.91 Å². The van der Waals surface area contributed by atoms with Gasteiger partial charge >= 0.3 is 0 Å². The summed E-state index contributed by atoms with van der Waals surface area (Å²) >= 11 is 18.2. The number of likely N-dealkylation sites (tertiary alicyclic amines) is 2. The number of amides is 4. The lowest BCUT2D eigenvalue weighted by molar-refractivity contribution is -0.137. The first kappa shape index (κ1) is 30.8. The van der Waals surface area contributed by atoms with E-state index in [0.717, 1.165) is 38.8 Å². The largest absolute Gasteiger partial charge is 0.349 e. The van der Waals surface area contributed by atoms with Gasteiger partial charge in [-0.1, -0.05) is 60.8 Å². The minimum absolute atomic E-state index is 0.0418. The smallest absolute Gasteiger partial charge is 0.262 e. The van der Waals surface area contributed by atoms with Gasteiger partial charge in [0.25, 0.3) is 17.7 Å². The van der Waals surface area contributed by atoms with Gasteiger partial charge in [-0.15, -0.1) is 0 Å². The van der Waals surface area contributed by atoms with E-state index in [9.17, 15) is 19.2 Å². The standard InChI is InChI=1S/C31H35Cl3N4O4/c1-18(2)15-26(38-29(40)22-5-3-4-6-23(22)30(38)41)31(42)37-13-9-21(10-14-37)36-11-7-20(8-12-36)35-28(39)19-16-24(32)27(34)25(33)17-19/h3-6,16-18,20-21,26H,7-15H2,1-2H3,(H,35,39)/t26-/m1/s1. The molecule has 0 radical (unpaired) electrons. The minimum atomic E-state index is -0.807. The molecule has 4 amide bonds. The fraction of sp³-hybridized carbons (Fsp3) is 0.484. The lowest BCUT2D eigenvalue weighted by Crippen LogP contribution is -2.55. The number of halogens is 3. The van der Waals surface area contributed by atoms with Crippen LogP contribution in [0.2, 0.25) is 15.1 Å². The van der Waals surface area contributed by atoms with E-state index in [1.807, 2.05) is 18.7 Å². The Morgan fingerprint density at radius 2 is 1.43 bits per heavy atom. The Balaban J connectivity index is 1.14. The molecule has 0 unspecified atom stereocenters. The van der Waals surface area contributed by atoms with Crippen LogP contribution in [-0.4, -0.2) is 82.6 Å². The predicted octanol–water partition coefficient (Wildman–Crippen LogP) is 5.54. The lowest BCUT2D eigenvalue weighted by atomic mass is 9.96. The first-order chi connectivity index (χ1) is 20.0. The second-order valence-corrected chi connectivity index (χ2v) is 13.0. The van der Waals surface area contributed by atoms with E-state index in [2.05, 4.69) is 10.2 Å². The van der Waals surface area contributed by atoms with Crippen molar-refractivity contribution in [2.75, 3.05) is 26.2 Å². The van der Waals surface area contributed by atoms with Gasteiger partial charge in [-0.25, -0.2) is 0 Å². The second-order valence-electron chi connectivity index (χ2n) is 11.8. The number of rotatable bonds is 7. The van der Waals surface area contributed by atoms with Gasteiger partial charge in [0.1, 0.15) is 6.04 Å². The average molecular weight is 634 g/mol. The maximum Gasteiger partial charge on any atom is 0.262 e. The van der Waals surface area contributed by atoms with Gasteiger partial charge in [0.15, 0.2) is 0 Å². The summed E-state index contributed by atoms with van der Waals surface area (Å²) in [6, 6.07) is 9.39. The van der Waals surface area contributed by atoms with Crippen molar-refractivity contribution in [2.45, 2.75) is 64.1 Å². The van der Waals surface area contributed by atoms with Crippen LogP contribution in [0.4, 0.5) is 0 Å². The molecule has 2 aromatic rings. The van der Waals surface area contributed by atoms with E-state index < -0.39 is 6.04 Å². The van der Waals surface area contributed by atoms with E-state index in [4.69, 9.17) is 34.8 Å². The number of nitrogens with one attached hydrogen (secondary N) is 1. The Morgan fingerprint density at radius 1 is 0.881 bits per heavy atom. The SMILES string of the molecule is CC(C)C[C@H](C(=O)N1CCC(N2CCC(NC(=O)c3cc(Cl)c(Cl)c(Cl)c3)CC2)CC1)N1C(=O)c2ccccc2C1=O. The molecule has 224 valence electrons. The Bertz CT molecular complexity index is 1330. The normalized spacial score (nSPS) is 19.4. The number of carbonyl (C=O) groups is 4. The molecule has 8 nitrogen and oxygen atoms in total. The minimum Gasteiger partial charge on any atom is -0.349 e. The number of nitrogens with zero attached hydrogens (tertiary/aromatic N) is 3. The Labute approximate surface area is 261 Å². The van der Waals surface area contributed by atoms with Crippen LogP contribution < -0.4 is 5.32 Å². The maximum absolute atomic E-state index is 13.8. The molecule has 0 bridgehead atoms. The van der Waals surface area contributed by atoms with Crippen molar-refractivity contribution in [1.29, 1.82) is 0 Å². The van der Waals surface area contributed by atoms with Crippen molar-refractivity contribution in [3.05, 3.63) is 68.2 Å². The van der Waals surface area contributed by atoms with E-state index in [-0.39, 0.29) is 50.7 Å². The fourth-order valence-electron chi connectivity index (χ4n) is 6.28. The van der Waals surface area contributed by atoms with Crippen molar-refractivity contribution in [3.63, 3.8) is 0 Å². The quantitative estimate of drug-likeness (QED) is 0.319. The van der Waals surface area contributed by atoms with Crippen molar-refractivity contribution >= 4 is 58.4 Å². The van der Waals surface area contributed by atoms with Crippen LogP contribution in [0, 0.1) is 5.92 Å². The summed E-state index contributed by atoms with van der Waals surface area (Å²) in [6.45, 7) is 6.84. The zero-order chi connectivity index (χ0) is 30.1. The molecule has 1 atom stereocenters. The van der Waals surface area contributed by atoms with Crippen LogP contribution in [0.5, 0.6) is 0 Å². The molecule has 2 aromatic carbocycles. The van der Waals surface area contributed by atoms with Gasteiger partial charge in [-0.2, -0.15) is 0 Å². The van der Waals surface area contributed by atoms with Crippen LogP contribution in [0.1, 0.15) is 77.0 Å². The van der Waals surface area contributed by atoms with E-state index in [1.165, 1.54) is 17.0 Å². The lowest BCUT2D eigenvalue weighted by Gasteiger charge is -2.43. The Morgan fingerprint density at radius 3 is 1.95 bits per heavy atom. The highest BCUT2D eigenvalue weighted by Gasteiger charge is 2.44. The number of piperidine rings is 2. The maximum atomic E-state index is 13.8. The predicted molar refractivity (Wildman–Crippen MR) is 163 cm³/mol. The highest BCUT2D eigenvalue weighted by molar-refractivity contribution is 6.48. The first-order valence-corrected chi connectivity index (χ1v) is 15.6. The molecule has 0 aromatic heterocycles. The number of carbonyl (C=O) groups excluding carboxylic acids is 4. The number of benzene rings is 2. The molecule has 3 heterocycles. The highest BCUT2D eigenvalue weighted by Crippen LogP contribution is 2.32. The van der Waals surface area contributed by atoms with Crippen LogP contribution >= 0.6 is 34.8 Å². The summed E-state index contributed by atoms with van der Waals surface area (Å²) in [5, 5.41) is 3.80. The third-order valence-electron chi connectivity index (χ3n) is 8.52. The second kappa shape index (κ2) is 12.9. The van der Waals surface area contributed by atoms with Gasteiger partial charge in [-0.3, -0.25) is 24.1 Å². The van der Waals surface area contributed by atoms with E-state index >= 15 is 0 Å². The number of hydrogen-bond acceptors (Lipinski definition) is 5. The molecule has 3 aliphatic rings. The number of imide groups is 1. The third kappa shape index (κ3) is 6.32.